The van der Waals surface area contributed by atoms with Crippen molar-refractivity contribution in [2.45, 2.75) is 58.2 Å². The van der Waals surface area contributed by atoms with Crippen molar-refractivity contribution in [3.8, 4) is 28.5 Å². The van der Waals surface area contributed by atoms with E-state index >= 15 is 0 Å². The summed E-state index contributed by atoms with van der Waals surface area (Å²) in [5.41, 5.74) is 17.1. The molecule has 2 aliphatic carbocycles. The second-order valence-corrected chi connectivity index (χ2v) is 15.2. The van der Waals surface area contributed by atoms with Crippen LogP contribution in [0.1, 0.15) is 60.2 Å². The van der Waals surface area contributed by atoms with Gasteiger partial charge >= 0.3 is 0 Å². The summed E-state index contributed by atoms with van der Waals surface area (Å²) in [6.07, 6.45) is 4.37. The Hall–Kier alpha value is -5.23. The number of rotatable bonds is 10. The standard InChI is InChI=1S/C39H44N8O4/c1-39(2,38(41)50)20-42-36(48)23-9-7-22(8-10-23)27-13-11-24-16-30(46(34(24)43-27)18-21-5-6-21)35-44-28-15-26(17-31(51-4)33(28)45(35)3)37(49)47-19-25-12-14-29(47)32(25)40/h7-11,13,15-17,21,25,29,32H,5-6,12,14,18-20,40H2,1-4H3,(H2,41,50)(H,42,48)/t25?,29?,32-/m1/s1. The molecule has 3 fully saturated rings. The molecule has 4 heterocycles. The van der Waals surface area contributed by atoms with Gasteiger partial charge in [0.25, 0.3) is 11.8 Å². The zero-order valence-electron chi connectivity index (χ0n) is 29.5. The molecule has 264 valence electrons. The zero-order valence-corrected chi connectivity index (χ0v) is 29.5. The van der Waals surface area contributed by atoms with E-state index in [9.17, 15) is 14.4 Å². The molecule has 5 N–H and O–H groups in total. The van der Waals surface area contributed by atoms with Crippen LogP contribution in [0.2, 0.25) is 0 Å². The number of carbonyl (C=O) groups is 3. The summed E-state index contributed by atoms with van der Waals surface area (Å²) < 4.78 is 10.2. The number of hydrogen-bond donors (Lipinski definition) is 3. The predicted molar refractivity (Wildman–Crippen MR) is 195 cm³/mol. The summed E-state index contributed by atoms with van der Waals surface area (Å²) in [7, 11) is 3.61. The molecular formula is C39H44N8O4. The maximum Gasteiger partial charge on any atom is 0.254 e. The average molecular weight is 689 g/mol. The Balaban J connectivity index is 1.13. The van der Waals surface area contributed by atoms with Crippen molar-refractivity contribution in [3.63, 3.8) is 0 Å². The van der Waals surface area contributed by atoms with E-state index in [0.717, 1.165) is 58.7 Å². The third-order valence-electron chi connectivity index (χ3n) is 11.2. The lowest BCUT2D eigenvalue weighted by Crippen LogP contribution is -2.42. The van der Waals surface area contributed by atoms with Crippen LogP contribution in [0, 0.1) is 17.3 Å². The lowest BCUT2D eigenvalue weighted by atomic mass is 9.92. The second kappa shape index (κ2) is 12.2. The van der Waals surface area contributed by atoms with Crippen LogP contribution in [-0.4, -0.2) is 74.0 Å². The molecule has 0 radical (unpaired) electrons. The highest BCUT2D eigenvalue weighted by molar-refractivity contribution is 6.01. The van der Waals surface area contributed by atoms with Crippen molar-refractivity contribution in [2.24, 2.45) is 35.8 Å². The number of carbonyl (C=O) groups excluding carboxylic acids is 3. The first-order valence-corrected chi connectivity index (χ1v) is 17.7. The van der Waals surface area contributed by atoms with Crippen LogP contribution in [0.3, 0.4) is 0 Å². The zero-order chi connectivity index (χ0) is 35.8. The van der Waals surface area contributed by atoms with Gasteiger partial charge in [0, 0.05) is 60.8 Å². The lowest BCUT2D eigenvalue weighted by Gasteiger charge is -2.27. The highest BCUT2D eigenvalue weighted by Crippen LogP contribution is 2.40. The lowest BCUT2D eigenvalue weighted by molar-refractivity contribution is -0.125. The van der Waals surface area contributed by atoms with E-state index in [1.54, 1.807) is 33.1 Å². The van der Waals surface area contributed by atoms with Crippen molar-refractivity contribution in [2.75, 3.05) is 20.2 Å². The van der Waals surface area contributed by atoms with Crippen molar-refractivity contribution < 1.29 is 19.1 Å². The van der Waals surface area contributed by atoms with E-state index in [1.807, 2.05) is 46.8 Å². The molecule has 2 saturated carbocycles. The molecule has 8 rings (SSSR count). The fourth-order valence-electron chi connectivity index (χ4n) is 7.77. The number of aromatic nitrogens is 4. The van der Waals surface area contributed by atoms with E-state index < -0.39 is 11.3 Å². The molecule has 1 saturated heterocycles. The van der Waals surface area contributed by atoms with E-state index in [-0.39, 0.29) is 30.4 Å². The van der Waals surface area contributed by atoms with Gasteiger partial charge in [-0.15, -0.1) is 0 Å². The van der Waals surface area contributed by atoms with E-state index in [2.05, 4.69) is 22.0 Å². The number of primary amides is 1. The van der Waals surface area contributed by atoms with Crippen molar-refractivity contribution in [3.05, 3.63) is 65.7 Å². The topological polar surface area (TPSA) is 163 Å². The molecule has 3 aromatic heterocycles. The molecule has 12 heteroatoms. The monoisotopic (exact) mass is 688 g/mol. The van der Waals surface area contributed by atoms with E-state index in [4.69, 9.17) is 26.2 Å². The largest absolute Gasteiger partial charge is 0.494 e. The number of nitrogens with two attached hydrogens (primary N) is 2. The second-order valence-electron chi connectivity index (χ2n) is 15.2. The van der Waals surface area contributed by atoms with Gasteiger partial charge in [-0.3, -0.25) is 14.4 Å². The molecule has 51 heavy (non-hydrogen) atoms. The van der Waals surface area contributed by atoms with E-state index in [1.165, 1.54) is 12.8 Å². The highest BCUT2D eigenvalue weighted by atomic mass is 16.5. The Labute approximate surface area is 296 Å². The van der Waals surface area contributed by atoms with Gasteiger partial charge in [0.1, 0.15) is 16.9 Å². The molecule has 12 nitrogen and oxygen atoms in total. The third kappa shape index (κ3) is 5.71. The number of pyridine rings is 1. The number of hydrogen-bond acceptors (Lipinski definition) is 7. The number of likely N-dealkylation sites (tertiary alicyclic amines) is 1. The van der Waals surface area contributed by atoms with Gasteiger partial charge in [-0.1, -0.05) is 12.1 Å². The maximum atomic E-state index is 13.8. The minimum atomic E-state index is -0.846. The summed E-state index contributed by atoms with van der Waals surface area (Å²) in [4.78, 5) is 50.4. The number of amides is 3. The summed E-state index contributed by atoms with van der Waals surface area (Å²) in [6, 6.07) is 17.3. The molecule has 2 aromatic carbocycles. The van der Waals surface area contributed by atoms with Crippen molar-refractivity contribution in [1.29, 1.82) is 0 Å². The Morgan fingerprint density at radius 1 is 0.980 bits per heavy atom. The fraction of sp³-hybridized carbons (Fsp3) is 0.410. The van der Waals surface area contributed by atoms with Crippen LogP contribution in [0.15, 0.2) is 54.6 Å². The van der Waals surface area contributed by atoms with Crippen LogP contribution in [-0.2, 0) is 18.4 Å². The Bertz CT molecular complexity index is 2210. The van der Waals surface area contributed by atoms with Crippen molar-refractivity contribution in [1.82, 2.24) is 29.3 Å². The normalized spacial score (nSPS) is 20.0. The first-order valence-electron chi connectivity index (χ1n) is 17.7. The number of aryl methyl sites for hydroxylation is 1. The van der Waals surface area contributed by atoms with Crippen LogP contribution >= 0.6 is 0 Å². The quantitative estimate of drug-likeness (QED) is 0.195. The van der Waals surface area contributed by atoms with Gasteiger partial charge in [0.2, 0.25) is 5.91 Å². The van der Waals surface area contributed by atoms with Gasteiger partial charge in [-0.05, 0) is 93.8 Å². The van der Waals surface area contributed by atoms with Crippen LogP contribution in [0.5, 0.6) is 5.75 Å². The predicted octanol–water partition coefficient (Wildman–Crippen LogP) is 4.48. The third-order valence-corrected chi connectivity index (χ3v) is 11.2. The van der Waals surface area contributed by atoms with Gasteiger partial charge < -0.3 is 35.6 Å². The molecule has 1 aliphatic heterocycles. The molecule has 2 unspecified atom stereocenters. The molecule has 3 atom stereocenters. The SMILES string of the molecule is COc1cc(C(=O)N2CC3CCC2[C@@H]3N)cc2nc(-c3cc4ccc(-c5ccc(C(=O)NCC(C)(C)C(N)=O)cc5)nc4n3CC3CC3)n(C)c12. The molecule has 5 aromatic rings. The number of ether oxygens (including phenoxy) is 1. The Morgan fingerprint density at radius 3 is 2.39 bits per heavy atom. The molecule has 3 aliphatic rings. The Kier molecular flexibility index (Phi) is 7.90. The first-order chi connectivity index (χ1) is 24.4. The number of benzene rings is 2. The minimum Gasteiger partial charge on any atom is -0.494 e. The fourth-order valence-corrected chi connectivity index (χ4v) is 7.77. The molecule has 0 spiro atoms. The molecular weight excluding hydrogens is 644 g/mol. The molecule has 3 amide bonds. The van der Waals surface area contributed by atoms with E-state index in [0.29, 0.717) is 40.8 Å². The van der Waals surface area contributed by atoms with Gasteiger partial charge in [-0.25, -0.2) is 9.97 Å². The summed E-state index contributed by atoms with van der Waals surface area (Å²) in [5, 5.41) is 3.80. The number of piperidine rings is 1. The number of nitrogens with one attached hydrogen (secondary N) is 1. The average Bonchev–Trinajstić information content (AvgIpc) is 3.53. The van der Waals surface area contributed by atoms with Crippen LogP contribution < -0.4 is 21.5 Å². The smallest absolute Gasteiger partial charge is 0.254 e. The number of nitrogens with zero attached hydrogens (tertiary/aromatic N) is 5. The van der Waals surface area contributed by atoms with Gasteiger partial charge in [-0.2, -0.15) is 0 Å². The Morgan fingerprint density at radius 2 is 1.75 bits per heavy atom. The molecule has 2 bridgehead atoms. The number of fused-ring (bicyclic) bond motifs is 4. The van der Waals surface area contributed by atoms with Crippen molar-refractivity contribution >= 4 is 39.8 Å². The summed E-state index contributed by atoms with van der Waals surface area (Å²) >= 11 is 0. The van der Waals surface area contributed by atoms with Crippen LogP contribution in [0.4, 0.5) is 0 Å². The van der Waals surface area contributed by atoms with Crippen LogP contribution in [0.25, 0.3) is 44.8 Å². The van der Waals surface area contributed by atoms with Gasteiger partial charge in [0.15, 0.2) is 5.82 Å². The summed E-state index contributed by atoms with van der Waals surface area (Å²) in [6.45, 7) is 5.06. The number of imidazole rings is 1. The highest BCUT2D eigenvalue weighted by Gasteiger charge is 2.47. The number of methoxy groups -OCH3 is 1. The van der Waals surface area contributed by atoms with Gasteiger partial charge in [0.05, 0.1) is 29.4 Å². The maximum absolute atomic E-state index is 13.8. The first kappa shape index (κ1) is 32.9. The summed E-state index contributed by atoms with van der Waals surface area (Å²) in [5.74, 6) is 1.54. The minimum absolute atomic E-state index is 0.0228.